The predicted molar refractivity (Wildman–Crippen MR) is 66.1 cm³/mol. The Hall–Kier alpha value is -1.35. The van der Waals surface area contributed by atoms with E-state index in [1.807, 2.05) is 4.90 Å². The van der Waals surface area contributed by atoms with Crippen molar-refractivity contribution in [2.75, 3.05) is 31.1 Å². The van der Waals surface area contributed by atoms with Gasteiger partial charge >= 0.3 is 6.18 Å². The van der Waals surface area contributed by atoms with Crippen LogP contribution in [0.2, 0.25) is 0 Å². The highest BCUT2D eigenvalue weighted by Crippen LogP contribution is 2.20. The van der Waals surface area contributed by atoms with Gasteiger partial charge in [0.1, 0.15) is 13.2 Å². The molecule has 114 valence electrons. The van der Waals surface area contributed by atoms with Crippen molar-refractivity contribution in [3.63, 3.8) is 0 Å². The first-order valence-electron chi connectivity index (χ1n) is 6.48. The number of nitrogens with zero attached hydrogens (tertiary/aromatic N) is 3. The summed E-state index contributed by atoms with van der Waals surface area (Å²) in [5, 5.41) is 6.60. The molecule has 20 heavy (non-hydrogen) atoms. The third-order valence-corrected chi connectivity index (χ3v) is 3.26. The number of ether oxygens (including phenoxy) is 1. The molecule has 0 bridgehead atoms. The Morgan fingerprint density at radius 1 is 1.35 bits per heavy atom. The summed E-state index contributed by atoms with van der Waals surface area (Å²) in [4.78, 5) is 6.14. The van der Waals surface area contributed by atoms with E-state index in [0.29, 0.717) is 24.2 Å². The summed E-state index contributed by atoms with van der Waals surface area (Å²) in [7, 11) is 0. The van der Waals surface area contributed by atoms with Crippen LogP contribution >= 0.6 is 0 Å². The predicted octanol–water partition coefficient (Wildman–Crippen LogP) is 1.06. The summed E-state index contributed by atoms with van der Waals surface area (Å²) in [5.74, 6) is 1.33. The molecule has 1 saturated heterocycles. The van der Waals surface area contributed by atoms with Gasteiger partial charge in [-0.3, -0.25) is 5.10 Å². The van der Waals surface area contributed by atoms with Gasteiger partial charge in [-0.15, -0.1) is 5.10 Å². The largest absolute Gasteiger partial charge is 0.411 e. The zero-order chi connectivity index (χ0) is 14.6. The van der Waals surface area contributed by atoms with E-state index in [9.17, 15) is 13.2 Å². The minimum Gasteiger partial charge on any atom is -0.364 e. The quantitative estimate of drug-likeness (QED) is 0.848. The van der Waals surface area contributed by atoms with Crippen molar-refractivity contribution in [3.8, 4) is 0 Å². The molecule has 6 nitrogen and oxygen atoms in total. The van der Waals surface area contributed by atoms with Crippen molar-refractivity contribution in [3.05, 3.63) is 5.82 Å². The van der Waals surface area contributed by atoms with Crippen LogP contribution in [0.5, 0.6) is 0 Å². The summed E-state index contributed by atoms with van der Waals surface area (Å²) in [6.07, 6.45) is -2.37. The average molecular weight is 293 g/mol. The van der Waals surface area contributed by atoms with Gasteiger partial charge in [-0.1, -0.05) is 0 Å². The van der Waals surface area contributed by atoms with Crippen LogP contribution < -0.4 is 10.6 Å². The first-order valence-corrected chi connectivity index (χ1v) is 6.48. The molecule has 0 aliphatic carbocycles. The molecule has 3 N–H and O–H groups in total. The van der Waals surface area contributed by atoms with E-state index in [1.165, 1.54) is 0 Å². The van der Waals surface area contributed by atoms with Crippen LogP contribution in [-0.4, -0.2) is 47.6 Å². The molecule has 1 aromatic rings. The third kappa shape index (κ3) is 4.34. The fraction of sp³-hybridized carbons (Fsp3) is 0.818. The second-order valence-corrected chi connectivity index (χ2v) is 4.86. The molecule has 9 heteroatoms. The Morgan fingerprint density at radius 3 is 2.65 bits per heavy atom. The molecule has 1 aliphatic heterocycles. The molecule has 1 aromatic heterocycles. The van der Waals surface area contributed by atoms with Gasteiger partial charge in [0.2, 0.25) is 5.95 Å². The molecule has 0 amide bonds. The van der Waals surface area contributed by atoms with E-state index in [4.69, 9.17) is 5.73 Å². The number of nitrogens with two attached hydrogens (primary N) is 1. The van der Waals surface area contributed by atoms with Crippen LogP contribution in [0.3, 0.4) is 0 Å². The van der Waals surface area contributed by atoms with E-state index < -0.39 is 12.8 Å². The summed E-state index contributed by atoms with van der Waals surface area (Å²) >= 11 is 0. The normalized spacial score (nSPS) is 17.7. The Kier molecular flexibility index (Phi) is 4.81. The summed E-state index contributed by atoms with van der Waals surface area (Å²) in [6, 6.07) is 0. The lowest BCUT2D eigenvalue weighted by molar-refractivity contribution is -0.177. The zero-order valence-corrected chi connectivity index (χ0v) is 11.0. The van der Waals surface area contributed by atoms with Gasteiger partial charge in [0.05, 0.1) is 0 Å². The number of hydrogen-bond donors (Lipinski definition) is 2. The fourth-order valence-corrected chi connectivity index (χ4v) is 2.12. The first kappa shape index (κ1) is 15.0. The van der Waals surface area contributed by atoms with Gasteiger partial charge in [-0.05, 0) is 25.3 Å². The van der Waals surface area contributed by atoms with Gasteiger partial charge in [0.15, 0.2) is 5.82 Å². The molecule has 0 radical (unpaired) electrons. The highest BCUT2D eigenvalue weighted by Gasteiger charge is 2.27. The topological polar surface area (TPSA) is 80.1 Å². The number of rotatable bonds is 5. The van der Waals surface area contributed by atoms with Crippen LogP contribution in [-0.2, 0) is 11.3 Å². The first-order chi connectivity index (χ1) is 9.48. The van der Waals surface area contributed by atoms with Gasteiger partial charge in [-0.25, -0.2) is 0 Å². The molecule has 0 saturated carbocycles. The maximum Gasteiger partial charge on any atom is 0.411 e. The molecular formula is C11H18F3N5O. The Balaban J connectivity index is 1.80. The number of halogens is 3. The van der Waals surface area contributed by atoms with Crippen molar-refractivity contribution in [2.45, 2.75) is 25.6 Å². The number of aromatic amines is 1. The Bertz CT molecular complexity index is 414. The number of aromatic nitrogens is 3. The summed E-state index contributed by atoms with van der Waals surface area (Å²) in [6.45, 7) is 0.778. The molecule has 0 unspecified atom stereocenters. The van der Waals surface area contributed by atoms with E-state index >= 15 is 0 Å². The Morgan fingerprint density at radius 2 is 2.05 bits per heavy atom. The average Bonchev–Trinajstić information content (AvgIpc) is 2.86. The highest BCUT2D eigenvalue weighted by atomic mass is 19.4. The number of H-pyrrole nitrogens is 1. The van der Waals surface area contributed by atoms with Crippen LogP contribution in [0.1, 0.15) is 18.7 Å². The number of hydrogen-bond acceptors (Lipinski definition) is 5. The van der Waals surface area contributed by atoms with Gasteiger partial charge in [0, 0.05) is 13.1 Å². The van der Waals surface area contributed by atoms with Gasteiger partial charge < -0.3 is 15.4 Å². The van der Waals surface area contributed by atoms with Crippen molar-refractivity contribution in [1.29, 1.82) is 0 Å². The van der Waals surface area contributed by atoms with Gasteiger partial charge in [0.25, 0.3) is 0 Å². The lowest BCUT2D eigenvalue weighted by atomic mass is 9.97. The summed E-state index contributed by atoms with van der Waals surface area (Å²) < 4.78 is 40.3. The van der Waals surface area contributed by atoms with Crippen LogP contribution in [0.15, 0.2) is 0 Å². The lowest BCUT2D eigenvalue weighted by Gasteiger charge is -2.30. The SMILES string of the molecule is NCC1CCN(c2n[nH]c(COCC(F)(F)F)n2)CC1. The van der Waals surface area contributed by atoms with Crippen molar-refractivity contribution in [2.24, 2.45) is 11.7 Å². The van der Waals surface area contributed by atoms with Crippen LogP contribution in [0.4, 0.5) is 19.1 Å². The number of piperidine rings is 1. The van der Waals surface area contributed by atoms with Crippen LogP contribution in [0, 0.1) is 5.92 Å². The molecule has 0 aromatic carbocycles. The van der Waals surface area contributed by atoms with E-state index in [2.05, 4.69) is 19.9 Å². The third-order valence-electron chi connectivity index (χ3n) is 3.26. The van der Waals surface area contributed by atoms with Crippen molar-refractivity contribution < 1.29 is 17.9 Å². The van der Waals surface area contributed by atoms with E-state index in [1.54, 1.807) is 0 Å². The second kappa shape index (κ2) is 6.40. The van der Waals surface area contributed by atoms with Crippen molar-refractivity contribution >= 4 is 5.95 Å². The Labute approximate surface area is 114 Å². The van der Waals surface area contributed by atoms with Crippen LogP contribution in [0.25, 0.3) is 0 Å². The monoisotopic (exact) mass is 293 g/mol. The zero-order valence-electron chi connectivity index (χ0n) is 11.0. The molecule has 2 rings (SSSR count). The molecule has 0 spiro atoms. The molecule has 0 atom stereocenters. The maximum absolute atomic E-state index is 11.9. The molecule has 2 heterocycles. The fourth-order valence-electron chi connectivity index (χ4n) is 2.12. The number of anilines is 1. The maximum atomic E-state index is 11.9. The van der Waals surface area contributed by atoms with Gasteiger partial charge in [-0.2, -0.15) is 18.2 Å². The molecular weight excluding hydrogens is 275 g/mol. The lowest BCUT2D eigenvalue weighted by Crippen LogP contribution is -2.36. The minimum absolute atomic E-state index is 0.230. The molecule has 1 aliphatic rings. The highest BCUT2D eigenvalue weighted by molar-refractivity contribution is 5.29. The van der Waals surface area contributed by atoms with E-state index in [-0.39, 0.29) is 6.61 Å². The van der Waals surface area contributed by atoms with Crippen molar-refractivity contribution in [1.82, 2.24) is 15.2 Å². The number of nitrogens with one attached hydrogen (secondary N) is 1. The summed E-state index contributed by atoms with van der Waals surface area (Å²) in [5.41, 5.74) is 5.62. The smallest absolute Gasteiger partial charge is 0.364 e. The minimum atomic E-state index is -4.33. The van der Waals surface area contributed by atoms with E-state index in [0.717, 1.165) is 25.9 Å². The second-order valence-electron chi connectivity index (χ2n) is 4.86. The number of alkyl halides is 3. The molecule has 1 fully saturated rings. The standard InChI is InChI=1S/C11H18F3N5O/c12-11(13,14)7-20-6-9-16-10(18-17-9)19-3-1-8(5-15)2-4-19/h8H,1-7,15H2,(H,16,17,18).